The van der Waals surface area contributed by atoms with Crippen molar-refractivity contribution >= 4 is 11.9 Å². The summed E-state index contributed by atoms with van der Waals surface area (Å²) in [6.45, 7) is 1.32. The van der Waals surface area contributed by atoms with Crippen LogP contribution in [0.15, 0.2) is 21.7 Å². The number of amides is 1. The first kappa shape index (κ1) is 14.7. The predicted octanol–water partition coefficient (Wildman–Crippen LogP) is -1.24. The van der Waals surface area contributed by atoms with Gasteiger partial charge in [0.25, 0.3) is 11.1 Å². The summed E-state index contributed by atoms with van der Waals surface area (Å²) in [6.07, 6.45) is 0.387. The van der Waals surface area contributed by atoms with E-state index in [1.54, 1.807) is 6.92 Å². The van der Waals surface area contributed by atoms with Crippen LogP contribution in [-0.4, -0.2) is 33.3 Å². The van der Waals surface area contributed by atoms with Crippen LogP contribution in [0.4, 0.5) is 0 Å². The number of aromatic nitrogens is 2. The van der Waals surface area contributed by atoms with Gasteiger partial charge in [-0.15, -0.1) is 0 Å². The lowest BCUT2D eigenvalue weighted by molar-refractivity contribution is -0.141. The number of H-pyrrole nitrogens is 1. The number of nitrogens with one attached hydrogen (secondary N) is 2. The molecule has 8 nitrogen and oxygen atoms in total. The summed E-state index contributed by atoms with van der Waals surface area (Å²) in [6, 6.07) is 2.12. The smallest absolute Gasteiger partial charge is 0.308 e. The second kappa shape index (κ2) is 6.53. The van der Waals surface area contributed by atoms with E-state index >= 15 is 0 Å². The zero-order chi connectivity index (χ0) is 14.4. The molecule has 1 heterocycles. The van der Waals surface area contributed by atoms with Crippen molar-refractivity contribution in [2.45, 2.75) is 19.9 Å². The van der Waals surface area contributed by atoms with Gasteiger partial charge in [-0.3, -0.25) is 24.3 Å². The van der Waals surface area contributed by atoms with Gasteiger partial charge >= 0.3 is 5.97 Å². The fourth-order valence-corrected chi connectivity index (χ4v) is 1.42. The van der Waals surface area contributed by atoms with Crippen molar-refractivity contribution in [2.75, 3.05) is 6.54 Å². The fraction of sp³-hybridized carbons (Fsp3) is 0.455. The minimum absolute atomic E-state index is 0.0174. The summed E-state index contributed by atoms with van der Waals surface area (Å²) < 4.78 is 0.861. The van der Waals surface area contributed by atoms with E-state index in [2.05, 4.69) is 10.4 Å². The monoisotopic (exact) mass is 269 g/mol. The minimum atomic E-state index is -0.993. The third-order valence-corrected chi connectivity index (χ3v) is 2.58. The molecule has 0 aliphatic heterocycles. The number of carboxylic acids is 1. The molecule has 1 aromatic rings. The maximum atomic E-state index is 11.5. The van der Waals surface area contributed by atoms with Crippen molar-refractivity contribution in [1.29, 1.82) is 0 Å². The molecule has 0 fully saturated rings. The molecule has 0 saturated heterocycles. The number of carboxylic acid groups (broad SMARTS) is 1. The molecule has 0 aliphatic carbocycles. The summed E-state index contributed by atoms with van der Waals surface area (Å²) in [5.74, 6) is -2.20. The largest absolute Gasteiger partial charge is 0.481 e. The molecule has 1 rings (SSSR count). The number of rotatable bonds is 6. The van der Waals surface area contributed by atoms with E-state index < -0.39 is 28.9 Å². The first-order valence-electron chi connectivity index (χ1n) is 5.73. The Balaban J connectivity index is 2.61. The second-order valence-corrected chi connectivity index (χ2v) is 3.98. The standard InChI is InChI=1S/C11H15N3O5/c1-2-7(11(18)19)5-12-9(16)6-14-10(17)4-3-8(15)13-14/h3-4,7H,2,5-6H2,1H3,(H,12,16)(H,13,15)(H,18,19). The van der Waals surface area contributed by atoms with Gasteiger partial charge in [0, 0.05) is 18.7 Å². The maximum Gasteiger partial charge on any atom is 0.308 e. The van der Waals surface area contributed by atoms with Crippen molar-refractivity contribution in [1.82, 2.24) is 15.1 Å². The van der Waals surface area contributed by atoms with E-state index in [4.69, 9.17) is 5.11 Å². The van der Waals surface area contributed by atoms with Gasteiger partial charge in [-0.1, -0.05) is 6.92 Å². The zero-order valence-electron chi connectivity index (χ0n) is 10.4. The van der Waals surface area contributed by atoms with Gasteiger partial charge in [0.05, 0.1) is 5.92 Å². The Morgan fingerprint density at radius 3 is 2.68 bits per heavy atom. The van der Waals surface area contributed by atoms with Crippen LogP contribution < -0.4 is 16.4 Å². The minimum Gasteiger partial charge on any atom is -0.481 e. The van der Waals surface area contributed by atoms with Gasteiger partial charge in [0.2, 0.25) is 5.91 Å². The lowest BCUT2D eigenvalue weighted by Gasteiger charge is -2.11. The van der Waals surface area contributed by atoms with Crippen molar-refractivity contribution in [3.05, 3.63) is 32.8 Å². The Labute approximate surface area is 108 Å². The molecule has 0 aliphatic rings. The van der Waals surface area contributed by atoms with Crippen LogP contribution in [0.2, 0.25) is 0 Å². The van der Waals surface area contributed by atoms with Gasteiger partial charge in [-0.05, 0) is 6.42 Å². The van der Waals surface area contributed by atoms with Crippen LogP contribution in [0.1, 0.15) is 13.3 Å². The fourth-order valence-electron chi connectivity index (χ4n) is 1.42. The highest BCUT2D eigenvalue weighted by molar-refractivity contribution is 5.77. The molecule has 0 aromatic carbocycles. The molecule has 1 aromatic heterocycles. The highest BCUT2D eigenvalue weighted by Gasteiger charge is 2.16. The van der Waals surface area contributed by atoms with Crippen molar-refractivity contribution < 1.29 is 14.7 Å². The molecule has 3 N–H and O–H groups in total. The van der Waals surface area contributed by atoms with E-state index in [0.29, 0.717) is 6.42 Å². The summed E-state index contributed by atoms with van der Waals surface area (Å²) in [7, 11) is 0. The Morgan fingerprint density at radius 1 is 1.42 bits per heavy atom. The molecule has 0 spiro atoms. The van der Waals surface area contributed by atoms with E-state index in [-0.39, 0.29) is 13.1 Å². The molecule has 1 amide bonds. The summed E-state index contributed by atoms with van der Waals surface area (Å²) in [5, 5.41) is 13.4. The van der Waals surface area contributed by atoms with Gasteiger partial charge < -0.3 is 10.4 Å². The lowest BCUT2D eigenvalue weighted by Crippen LogP contribution is -2.38. The number of aromatic amines is 1. The van der Waals surface area contributed by atoms with Crippen molar-refractivity contribution in [3.63, 3.8) is 0 Å². The lowest BCUT2D eigenvalue weighted by atomic mass is 10.1. The average molecular weight is 269 g/mol. The second-order valence-electron chi connectivity index (χ2n) is 3.98. The van der Waals surface area contributed by atoms with E-state index in [1.807, 2.05) is 0 Å². The first-order valence-corrected chi connectivity index (χ1v) is 5.73. The number of hydrogen-bond acceptors (Lipinski definition) is 4. The topological polar surface area (TPSA) is 121 Å². The molecule has 104 valence electrons. The number of hydrogen-bond donors (Lipinski definition) is 3. The summed E-state index contributed by atoms with van der Waals surface area (Å²) in [5.41, 5.74) is -1.01. The van der Waals surface area contributed by atoms with Gasteiger partial charge in [0.15, 0.2) is 0 Å². The Hall–Kier alpha value is -2.38. The maximum absolute atomic E-state index is 11.5. The van der Waals surface area contributed by atoms with Crippen LogP contribution in [0.3, 0.4) is 0 Å². The predicted molar refractivity (Wildman–Crippen MR) is 65.7 cm³/mol. The van der Waals surface area contributed by atoms with Crippen LogP contribution >= 0.6 is 0 Å². The highest BCUT2D eigenvalue weighted by atomic mass is 16.4. The van der Waals surface area contributed by atoms with E-state index in [9.17, 15) is 19.2 Å². The number of carbonyl (C=O) groups is 2. The van der Waals surface area contributed by atoms with Gasteiger partial charge in [-0.25, -0.2) is 4.68 Å². The average Bonchev–Trinajstić information content (AvgIpc) is 2.34. The van der Waals surface area contributed by atoms with Crippen LogP contribution in [0, 0.1) is 5.92 Å². The molecular weight excluding hydrogens is 254 g/mol. The number of carbonyl (C=O) groups excluding carboxylic acids is 1. The third kappa shape index (κ3) is 4.41. The molecule has 1 atom stereocenters. The first-order chi connectivity index (χ1) is 8.93. The summed E-state index contributed by atoms with van der Waals surface area (Å²) >= 11 is 0. The third-order valence-electron chi connectivity index (χ3n) is 2.58. The van der Waals surface area contributed by atoms with Crippen molar-refractivity contribution in [3.8, 4) is 0 Å². The molecular formula is C11H15N3O5. The molecule has 0 bridgehead atoms. The van der Waals surface area contributed by atoms with Crippen LogP contribution in [0.25, 0.3) is 0 Å². The Bertz CT molecular complexity index is 574. The molecule has 19 heavy (non-hydrogen) atoms. The van der Waals surface area contributed by atoms with Gasteiger partial charge in [0.1, 0.15) is 6.54 Å². The zero-order valence-corrected chi connectivity index (χ0v) is 10.4. The number of aliphatic carboxylic acids is 1. The van der Waals surface area contributed by atoms with Gasteiger partial charge in [-0.2, -0.15) is 0 Å². The number of nitrogens with zero attached hydrogens (tertiary/aromatic N) is 1. The molecule has 0 saturated carbocycles. The normalized spacial score (nSPS) is 11.8. The van der Waals surface area contributed by atoms with Crippen LogP contribution in [0.5, 0.6) is 0 Å². The Kier molecular flexibility index (Phi) is 5.04. The summed E-state index contributed by atoms with van der Waals surface area (Å²) in [4.78, 5) is 44.6. The molecule has 1 unspecified atom stereocenters. The molecule has 0 radical (unpaired) electrons. The van der Waals surface area contributed by atoms with E-state index in [0.717, 1.165) is 16.8 Å². The highest BCUT2D eigenvalue weighted by Crippen LogP contribution is 2.00. The Morgan fingerprint density at radius 2 is 2.11 bits per heavy atom. The molecule has 8 heteroatoms. The van der Waals surface area contributed by atoms with E-state index in [1.165, 1.54) is 0 Å². The quantitative estimate of drug-likeness (QED) is 0.596. The van der Waals surface area contributed by atoms with Crippen molar-refractivity contribution in [2.24, 2.45) is 5.92 Å². The van der Waals surface area contributed by atoms with Crippen LogP contribution in [-0.2, 0) is 16.1 Å². The SMILES string of the molecule is CCC(CNC(=O)Cn1[nH]c(=O)ccc1=O)C(=O)O.